The molecule has 0 radical (unpaired) electrons. The first-order valence-electron chi connectivity index (χ1n) is 10.3. The Morgan fingerprint density at radius 1 is 1.03 bits per heavy atom. The van der Waals surface area contributed by atoms with Gasteiger partial charge in [0.25, 0.3) is 0 Å². The Morgan fingerprint density at radius 3 is 2.52 bits per heavy atom. The number of imidazole rings is 1. The van der Waals surface area contributed by atoms with Crippen molar-refractivity contribution >= 4 is 11.0 Å². The summed E-state index contributed by atoms with van der Waals surface area (Å²) in [7, 11) is 0. The second-order valence-electron chi connectivity index (χ2n) is 7.98. The Morgan fingerprint density at radius 2 is 1.79 bits per heavy atom. The van der Waals surface area contributed by atoms with E-state index in [0.29, 0.717) is 16.6 Å². The molecule has 3 nitrogen and oxygen atoms in total. The lowest BCUT2D eigenvalue weighted by Gasteiger charge is -2.21. The average molecular weight is 401 g/mol. The first-order chi connectivity index (χ1) is 14.0. The summed E-state index contributed by atoms with van der Waals surface area (Å²) in [5, 5.41) is 3.47. The zero-order chi connectivity index (χ0) is 20.3. The van der Waals surface area contributed by atoms with Crippen molar-refractivity contribution in [1.29, 1.82) is 0 Å². The number of H-pyrrole nitrogens is 1. The molecule has 29 heavy (non-hydrogen) atoms. The second-order valence-corrected chi connectivity index (χ2v) is 7.98. The maximum absolute atomic E-state index is 13.6. The van der Waals surface area contributed by atoms with Crippen LogP contribution >= 0.6 is 0 Å². The molecule has 3 aromatic rings. The van der Waals surface area contributed by atoms with Crippen LogP contribution in [0.15, 0.2) is 42.7 Å². The molecule has 4 rings (SSSR count). The van der Waals surface area contributed by atoms with E-state index in [4.69, 9.17) is 0 Å². The van der Waals surface area contributed by atoms with E-state index in [1.165, 1.54) is 50.9 Å². The molecule has 1 aliphatic carbocycles. The van der Waals surface area contributed by atoms with Crippen LogP contribution in [0.2, 0.25) is 0 Å². The number of aromatic nitrogens is 2. The SMILES string of the molecule is FC(F)(F)c1cc2nc[nH]c2cc1-c1ccc(CNCCC2CCCCC2)cc1. The van der Waals surface area contributed by atoms with Gasteiger partial charge in [-0.25, -0.2) is 4.98 Å². The highest BCUT2D eigenvalue weighted by Gasteiger charge is 2.34. The molecule has 0 bridgehead atoms. The third kappa shape index (κ3) is 4.81. The smallest absolute Gasteiger partial charge is 0.345 e. The number of hydrogen-bond acceptors (Lipinski definition) is 2. The van der Waals surface area contributed by atoms with E-state index in [9.17, 15) is 13.2 Å². The minimum Gasteiger partial charge on any atom is -0.345 e. The van der Waals surface area contributed by atoms with E-state index in [0.717, 1.165) is 30.6 Å². The number of nitrogens with one attached hydrogen (secondary N) is 2. The highest BCUT2D eigenvalue weighted by molar-refractivity contribution is 5.84. The van der Waals surface area contributed by atoms with E-state index in [2.05, 4.69) is 15.3 Å². The second kappa shape index (κ2) is 8.57. The zero-order valence-electron chi connectivity index (χ0n) is 16.4. The van der Waals surface area contributed by atoms with Crippen LogP contribution in [0.4, 0.5) is 13.2 Å². The molecule has 2 aromatic carbocycles. The van der Waals surface area contributed by atoms with E-state index in [1.54, 1.807) is 12.1 Å². The van der Waals surface area contributed by atoms with Gasteiger partial charge in [0.15, 0.2) is 0 Å². The molecule has 1 heterocycles. The molecule has 0 amide bonds. The number of alkyl halides is 3. The monoisotopic (exact) mass is 401 g/mol. The van der Waals surface area contributed by atoms with Crippen molar-refractivity contribution in [2.24, 2.45) is 5.92 Å². The van der Waals surface area contributed by atoms with Crippen LogP contribution in [0.3, 0.4) is 0 Å². The maximum atomic E-state index is 13.6. The number of fused-ring (bicyclic) bond motifs is 1. The molecule has 1 fully saturated rings. The number of rotatable bonds is 6. The molecule has 6 heteroatoms. The van der Waals surface area contributed by atoms with Gasteiger partial charge in [0.1, 0.15) is 0 Å². The molecule has 1 saturated carbocycles. The molecule has 1 aromatic heterocycles. The Bertz CT molecular complexity index is 938. The molecule has 0 aliphatic heterocycles. The Balaban J connectivity index is 1.43. The van der Waals surface area contributed by atoms with Crippen molar-refractivity contribution in [1.82, 2.24) is 15.3 Å². The molecule has 0 unspecified atom stereocenters. The summed E-state index contributed by atoms with van der Waals surface area (Å²) in [5.41, 5.74) is 2.07. The molecular formula is C23H26F3N3. The van der Waals surface area contributed by atoms with Gasteiger partial charge in [-0.2, -0.15) is 13.2 Å². The Labute approximate surface area is 168 Å². The first-order valence-corrected chi connectivity index (χ1v) is 10.3. The van der Waals surface area contributed by atoms with Gasteiger partial charge in [-0.1, -0.05) is 56.4 Å². The molecule has 0 spiro atoms. The van der Waals surface area contributed by atoms with Crippen LogP contribution in [0.1, 0.15) is 49.7 Å². The topological polar surface area (TPSA) is 40.7 Å². The van der Waals surface area contributed by atoms with Crippen LogP contribution in [-0.4, -0.2) is 16.5 Å². The van der Waals surface area contributed by atoms with Crippen LogP contribution in [0, 0.1) is 5.92 Å². The van der Waals surface area contributed by atoms with Crippen molar-refractivity contribution in [3.63, 3.8) is 0 Å². The van der Waals surface area contributed by atoms with Gasteiger partial charge in [-0.15, -0.1) is 0 Å². The fourth-order valence-corrected chi connectivity index (χ4v) is 4.27. The summed E-state index contributed by atoms with van der Waals surface area (Å²) in [4.78, 5) is 6.85. The predicted octanol–water partition coefficient (Wildman–Crippen LogP) is 6.31. The molecule has 1 aliphatic rings. The lowest BCUT2D eigenvalue weighted by molar-refractivity contribution is -0.137. The van der Waals surface area contributed by atoms with Crippen molar-refractivity contribution in [3.8, 4) is 11.1 Å². The third-order valence-electron chi connectivity index (χ3n) is 5.91. The lowest BCUT2D eigenvalue weighted by Crippen LogP contribution is -2.19. The number of hydrogen-bond donors (Lipinski definition) is 2. The van der Waals surface area contributed by atoms with Crippen LogP contribution in [-0.2, 0) is 12.7 Å². The van der Waals surface area contributed by atoms with E-state index in [1.807, 2.05) is 12.1 Å². The van der Waals surface area contributed by atoms with Gasteiger partial charge in [0, 0.05) is 6.54 Å². The normalized spacial score (nSPS) is 15.8. The fourth-order valence-electron chi connectivity index (χ4n) is 4.27. The number of halogens is 3. The van der Waals surface area contributed by atoms with Crippen molar-refractivity contribution < 1.29 is 13.2 Å². The highest BCUT2D eigenvalue weighted by atomic mass is 19.4. The minimum absolute atomic E-state index is 0.172. The van der Waals surface area contributed by atoms with Crippen LogP contribution in [0.25, 0.3) is 22.2 Å². The summed E-state index contributed by atoms with van der Waals surface area (Å²) in [6.07, 6.45) is 4.97. The van der Waals surface area contributed by atoms with Crippen molar-refractivity contribution in [3.05, 3.63) is 53.9 Å². The third-order valence-corrected chi connectivity index (χ3v) is 5.91. The molecule has 0 saturated heterocycles. The molecule has 154 valence electrons. The van der Waals surface area contributed by atoms with Crippen LogP contribution < -0.4 is 5.32 Å². The number of benzene rings is 2. The zero-order valence-corrected chi connectivity index (χ0v) is 16.4. The van der Waals surface area contributed by atoms with Crippen LogP contribution in [0.5, 0.6) is 0 Å². The maximum Gasteiger partial charge on any atom is 0.417 e. The quantitative estimate of drug-likeness (QED) is 0.475. The van der Waals surface area contributed by atoms with Crippen molar-refractivity contribution in [2.75, 3.05) is 6.54 Å². The standard InChI is InChI=1S/C23H26F3N3/c24-23(25,26)20-13-22-21(28-15-29-22)12-19(20)18-8-6-17(7-9-18)14-27-11-10-16-4-2-1-3-5-16/h6-9,12-13,15-16,27H,1-5,10-11,14H2,(H,28,29). The van der Waals surface area contributed by atoms with E-state index < -0.39 is 11.7 Å². The molecule has 2 N–H and O–H groups in total. The van der Waals surface area contributed by atoms with Gasteiger partial charge in [0.2, 0.25) is 0 Å². The number of nitrogens with zero attached hydrogens (tertiary/aromatic N) is 1. The highest BCUT2D eigenvalue weighted by Crippen LogP contribution is 2.39. The lowest BCUT2D eigenvalue weighted by atomic mass is 9.87. The van der Waals surface area contributed by atoms with Gasteiger partial charge in [0.05, 0.1) is 22.9 Å². The number of aromatic amines is 1. The summed E-state index contributed by atoms with van der Waals surface area (Å²) in [6.45, 7) is 1.72. The van der Waals surface area contributed by atoms with Gasteiger partial charge in [-0.05, 0) is 47.7 Å². The van der Waals surface area contributed by atoms with Gasteiger partial charge in [-0.3, -0.25) is 0 Å². The van der Waals surface area contributed by atoms with Gasteiger partial charge >= 0.3 is 6.18 Å². The summed E-state index contributed by atoms with van der Waals surface area (Å²) < 4.78 is 40.7. The molecule has 0 atom stereocenters. The van der Waals surface area contributed by atoms with E-state index >= 15 is 0 Å². The van der Waals surface area contributed by atoms with Crippen molar-refractivity contribution in [2.45, 2.75) is 51.2 Å². The summed E-state index contributed by atoms with van der Waals surface area (Å²) >= 11 is 0. The first kappa shape index (κ1) is 20.0. The summed E-state index contributed by atoms with van der Waals surface area (Å²) in [6, 6.07) is 9.99. The summed E-state index contributed by atoms with van der Waals surface area (Å²) in [5.74, 6) is 0.844. The minimum atomic E-state index is -4.43. The Hall–Kier alpha value is -2.34. The molecular weight excluding hydrogens is 375 g/mol. The average Bonchev–Trinajstić information content (AvgIpc) is 3.19. The van der Waals surface area contributed by atoms with Gasteiger partial charge < -0.3 is 10.3 Å². The Kier molecular flexibility index (Phi) is 5.90. The largest absolute Gasteiger partial charge is 0.417 e. The van der Waals surface area contributed by atoms with E-state index in [-0.39, 0.29) is 5.56 Å². The predicted molar refractivity (Wildman–Crippen MR) is 109 cm³/mol. The fraction of sp³-hybridized carbons (Fsp3) is 0.435.